The average Bonchev–Trinajstić information content (AvgIpc) is 2.26. The van der Waals surface area contributed by atoms with Crippen molar-refractivity contribution in [1.82, 2.24) is 9.97 Å². The van der Waals surface area contributed by atoms with Gasteiger partial charge in [0.2, 0.25) is 5.95 Å². The third-order valence-electron chi connectivity index (χ3n) is 1.77. The molecule has 0 aliphatic heterocycles. The Hall–Kier alpha value is -0.730. The minimum atomic E-state index is -0.752. The molecule has 1 rings (SSSR count). The van der Waals surface area contributed by atoms with Crippen LogP contribution in [0.1, 0.15) is 6.42 Å². The summed E-state index contributed by atoms with van der Waals surface area (Å²) < 4.78 is 11.6. The first-order chi connectivity index (χ1) is 7.63. The molecule has 8 heteroatoms. The number of nitrogens with two attached hydrogens (primary N) is 1. The Morgan fingerprint density at radius 2 is 2.38 bits per heavy atom. The van der Waals surface area contributed by atoms with Gasteiger partial charge in [0.15, 0.2) is 0 Å². The molecule has 1 aromatic heterocycles. The molecule has 1 unspecified atom stereocenters. The third kappa shape index (κ3) is 4.42. The molecule has 0 aromatic carbocycles. The SMILES string of the molecule is CS(=O)CCCNc1nc(NN)ncc1Br. The number of rotatable bonds is 6. The third-order valence-corrected chi connectivity index (χ3v) is 3.22. The molecule has 0 saturated carbocycles. The number of nitrogen functional groups attached to an aromatic ring is 1. The monoisotopic (exact) mass is 307 g/mol. The maximum Gasteiger partial charge on any atom is 0.239 e. The van der Waals surface area contributed by atoms with Crippen LogP contribution in [0.25, 0.3) is 0 Å². The van der Waals surface area contributed by atoms with Crippen molar-refractivity contribution in [2.75, 3.05) is 29.3 Å². The highest BCUT2D eigenvalue weighted by Crippen LogP contribution is 2.19. The van der Waals surface area contributed by atoms with Gasteiger partial charge in [-0.05, 0) is 22.4 Å². The summed E-state index contributed by atoms with van der Waals surface area (Å²) in [4.78, 5) is 8.06. The number of aromatic nitrogens is 2. The van der Waals surface area contributed by atoms with E-state index < -0.39 is 10.8 Å². The molecule has 0 aliphatic rings. The Labute approximate surface area is 105 Å². The van der Waals surface area contributed by atoms with E-state index in [2.05, 4.69) is 36.6 Å². The summed E-state index contributed by atoms with van der Waals surface area (Å²) in [7, 11) is -0.752. The van der Waals surface area contributed by atoms with Crippen LogP contribution in [-0.4, -0.2) is 32.7 Å². The second-order valence-corrected chi connectivity index (χ2v) is 5.50. The molecular formula is C8H14BrN5OS. The van der Waals surface area contributed by atoms with Crippen molar-refractivity contribution >= 4 is 38.5 Å². The first-order valence-corrected chi connectivity index (χ1v) is 7.18. The molecule has 0 radical (unpaired) electrons. The maximum atomic E-state index is 10.8. The molecule has 90 valence electrons. The Balaban J connectivity index is 2.49. The minimum absolute atomic E-state index is 0.352. The molecule has 16 heavy (non-hydrogen) atoms. The fourth-order valence-corrected chi connectivity index (χ4v) is 1.92. The van der Waals surface area contributed by atoms with Crippen LogP contribution in [0.15, 0.2) is 10.7 Å². The molecular weight excluding hydrogens is 294 g/mol. The summed E-state index contributed by atoms with van der Waals surface area (Å²) in [5.74, 6) is 6.91. The van der Waals surface area contributed by atoms with Crippen molar-refractivity contribution in [3.63, 3.8) is 0 Å². The molecule has 1 aromatic rings. The van der Waals surface area contributed by atoms with E-state index in [4.69, 9.17) is 5.84 Å². The van der Waals surface area contributed by atoms with Gasteiger partial charge in [0.25, 0.3) is 0 Å². The minimum Gasteiger partial charge on any atom is -0.369 e. The predicted octanol–water partition coefficient (Wildman–Crippen LogP) is 0.705. The van der Waals surface area contributed by atoms with Gasteiger partial charge in [-0.25, -0.2) is 10.8 Å². The van der Waals surface area contributed by atoms with Gasteiger partial charge in [0, 0.05) is 35.5 Å². The van der Waals surface area contributed by atoms with Gasteiger partial charge < -0.3 is 5.32 Å². The van der Waals surface area contributed by atoms with E-state index in [0.29, 0.717) is 24.1 Å². The average molecular weight is 308 g/mol. The Bertz CT molecular complexity index is 375. The lowest BCUT2D eigenvalue weighted by molar-refractivity contribution is 0.685. The molecule has 0 spiro atoms. The van der Waals surface area contributed by atoms with Gasteiger partial charge in [-0.3, -0.25) is 9.63 Å². The number of hydrogen-bond donors (Lipinski definition) is 3. The van der Waals surface area contributed by atoms with Crippen molar-refractivity contribution in [2.45, 2.75) is 6.42 Å². The number of nitrogens with one attached hydrogen (secondary N) is 2. The lowest BCUT2D eigenvalue weighted by Gasteiger charge is -2.07. The van der Waals surface area contributed by atoms with Crippen molar-refractivity contribution < 1.29 is 4.21 Å². The summed E-state index contributed by atoms with van der Waals surface area (Å²) in [6, 6.07) is 0. The summed E-state index contributed by atoms with van der Waals surface area (Å²) in [5, 5.41) is 3.12. The van der Waals surface area contributed by atoms with Crippen LogP contribution >= 0.6 is 15.9 Å². The highest BCUT2D eigenvalue weighted by atomic mass is 79.9. The van der Waals surface area contributed by atoms with Gasteiger partial charge in [-0.15, -0.1) is 0 Å². The predicted molar refractivity (Wildman–Crippen MR) is 69.6 cm³/mol. The quantitative estimate of drug-likeness (QED) is 0.407. The zero-order chi connectivity index (χ0) is 12.0. The topological polar surface area (TPSA) is 92.9 Å². The van der Waals surface area contributed by atoms with E-state index in [-0.39, 0.29) is 0 Å². The van der Waals surface area contributed by atoms with E-state index in [1.807, 2.05) is 0 Å². The molecule has 1 atom stereocenters. The van der Waals surface area contributed by atoms with E-state index in [0.717, 1.165) is 10.9 Å². The largest absolute Gasteiger partial charge is 0.369 e. The van der Waals surface area contributed by atoms with Crippen molar-refractivity contribution in [1.29, 1.82) is 0 Å². The van der Waals surface area contributed by atoms with Gasteiger partial charge in [-0.2, -0.15) is 4.98 Å². The number of hydrogen-bond acceptors (Lipinski definition) is 6. The Morgan fingerprint density at radius 1 is 1.62 bits per heavy atom. The van der Waals surface area contributed by atoms with Crippen LogP contribution in [0.2, 0.25) is 0 Å². The van der Waals surface area contributed by atoms with Gasteiger partial charge in [-0.1, -0.05) is 0 Å². The molecule has 6 nitrogen and oxygen atoms in total. The number of hydrazine groups is 1. The first-order valence-electron chi connectivity index (χ1n) is 4.66. The molecule has 0 fully saturated rings. The molecule has 0 aliphatic carbocycles. The van der Waals surface area contributed by atoms with Crippen LogP contribution in [0.3, 0.4) is 0 Å². The van der Waals surface area contributed by atoms with Gasteiger partial charge in [0.05, 0.1) is 4.47 Å². The van der Waals surface area contributed by atoms with Crippen LogP contribution in [0, 0.1) is 0 Å². The van der Waals surface area contributed by atoms with E-state index in [1.165, 1.54) is 0 Å². The smallest absolute Gasteiger partial charge is 0.239 e. The van der Waals surface area contributed by atoms with E-state index in [9.17, 15) is 4.21 Å². The lowest BCUT2D eigenvalue weighted by atomic mass is 10.4. The first kappa shape index (κ1) is 13.3. The van der Waals surface area contributed by atoms with Crippen LogP contribution < -0.4 is 16.6 Å². The molecule has 0 bridgehead atoms. The van der Waals surface area contributed by atoms with Crippen molar-refractivity contribution in [3.8, 4) is 0 Å². The Kier molecular flexibility index (Phi) is 5.64. The summed E-state index contributed by atoms with van der Waals surface area (Å²) in [5.41, 5.74) is 2.37. The standard InChI is InChI=1S/C8H14BrN5OS/c1-16(15)4-2-3-11-7-6(9)5-12-8(13-7)14-10/h5H,2-4,10H2,1H3,(H2,11,12,13,14). The van der Waals surface area contributed by atoms with Crippen LogP contribution in [0.5, 0.6) is 0 Å². The van der Waals surface area contributed by atoms with Crippen LogP contribution in [-0.2, 0) is 10.8 Å². The summed E-state index contributed by atoms with van der Waals surface area (Å²) in [6.45, 7) is 0.708. The normalized spacial score (nSPS) is 12.2. The molecule has 4 N–H and O–H groups in total. The lowest BCUT2D eigenvalue weighted by Crippen LogP contribution is -2.13. The second kappa shape index (κ2) is 6.77. The molecule has 0 amide bonds. The van der Waals surface area contributed by atoms with E-state index >= 15 is 0 Å². The number of halogens is 1. The fraction of sp³-hybridized carbons (Fsp3) is 0.500. The Morgan fingerprint density at radius 3 is 3.00 bits per heavy atom. The van der Waals surface area contributed by atoms with E-state index in [1.54, 1.807) is 12.5 Å². The van der Waals surface area contributed by atoms with Gasteiger partial charge >= 0.3 is 0 Å². The zero-order valence-electron chi connectivity index (χ0n) is 8.86. The second-order valence-electron chi connectivity index (χ2n) is 3.09. The summed E-state index contributed by atoms with van der Waals surface area (Å²) >= 11 is 3.32. The number of anilines is 2. The summed E-state index contributed by atoms with van der Waals surface area (Å²) in [6.07, 6.45) is 4.13. The highest BCUT2D eigenvalue weighted by Gasteiger charge is 2.03. The fourth-order valence-electron chi connectivity index (χ4n) is 1.04. The molecule has 1 heterocycles. The zero-order valence-corrected chi connectivity index (χ0v) is 11.3. The van der Waals surface area contributed by atoms with Crippen molar-refractivity contribution in [2.24, 2.45) is 5.84 Å². The molecule has 0 saturated heterocycles. The highest BCUT2D eigenvalue weighted by molar-refractivity contribution is 9.10. The van der Waals surface area contributed by atoms with Crippen molar-refractivity contribution in [3.05, 3.63) is 10.7 Å². The maximum absolute atomic E-state index is 10.8. The van der Waals surface area contributed by atoms with Gasteiger partial charge in [0.1, 0.15) is 5.82 Å². The van der Waals surface area contributed by atoms with Crippen LogP contribution in [0.4, 0.5) is 11.8 Å². The number of nitrogens with zero attached hydrogens (tertiary/aromatic N) is 2.